The molecule has 1 aliphatic carbocycles. The van der Waals surface area contributed by atoms with Gasteiger partial charge in [0.1, 0.15) is 12.4 Å². The van der Waals surface area contributed by atoms with E-state index in [0.29, 0.717) is 12.6 Å². The lowest BCUT2D eigenvalue weighted by Crippen LogP contribution is -2.57. The molecule has 2 fully saturated rings. The zero-order valence-corrected chi connectivity index (χ0v) is 19.2. The van der Waals surface area contributed by atoms with E-state index in [9.17, 15) is 0 Å². The molecule has 2 N–H and O–H groups in total. The monoisotopic (exact) mass is 433 g/mol. The summed E-state index contributed by atoms with van der Waals surface area (Å²) in [7, 11) is 1.68. The van der Waals surface area contributed by atoms with E-state index in [1.165, 1.54) is 32.1 Å². The Balaban J connectivity index is 1.42. The number of methoxy groups -OCH3 is 1. The molecular formula is C22H39N7O2. The number of ether oxygens (including phenoxy) is 2. The standard InChI is InChI=1S/C22H39N7O2/c1-3-23-21(25-18-7-8-20-26-19(16-30-2)27-29(20)15-18)24-17-22(9-5-4-6-10-22)28-11-13-31-14-12-28/h18H,3-17H2,1-2H3,(H2,23,24,25). The molecule has 9 nitrogen and oxygen atoms in total. The molecule has 1 atom stereocenters. The second-order valence-electron chi connectivity index (χ2n) is 9.02. The van der Waals surface area contributed by atoms with Gasteiger partial charge in [-0.2, -0.15) is 5.10 Å². The summed E-state index contributed by atoms with van der Waals surface area (Å²) < 4.78 is 12.8. The van der Waals surface area contributed by atoms with E-state index < -0.39 is 0 Å². The SMILES string of the molecule is CCNC(=NCC1(N2CCOCC2)CCCCC1)NC1CCc2nc(COC)nn2C1. The summed E-state index contributed by atoms with van der Waals surface area (Å²) in [5.41, 5.74) is 0.186. The van der Waals surface area contributed by atoms with E-state index in [4.69, 9.17) is 14.5 Å². The molecular weight excluding hydrogens is 394 g/mol. The minimum Gasteiger partial charge on any atom is -0.379 e. The molecule has 4 rings (SSSR count). The summed E-state index contributed by atoms with van der Waals surface area (Å²) in [4.78, 5) is 12.4. The predicted molar refractivity (Wildman–Crippen MR) is 120 cm³/mol. The van der Waals surface area contributed by atoms with Gasteiger partial charge in [0.15, 0.2) is 11.8 Å². The predicted octanol–water partition coefficient (Wildman–Crippen LogP) is 1.33. The first-order valence-electron chi connectivity index (χ1n) is 12.0. The Hall–Kier alpha value is -1.71. The van der Waals surface area contributed by atoms with Crippen molar-refractivity contribution in [2.24, 2.45) is 4.99 Å². The number of rotatable bonds is 7. The van der Waals surface area contributed by atoms with E-state index in [2.05, 4.69) is 32.5 Å². The van der Waals surface area contributed by atoms with Crippen molar-refractivity contribution >= 4 is 5.96 Å². The molecule has 174 valence electrons. The van der Waals surface area contributed by atoms with E-state index in [1.54, 1.807) is 7.11 Å². The molecule has 3 aliphatic rings. The number of fused-ring (bicyclic) bond motifs is 1. The van der Waals surface area contributed by atoms with Crippen LogP contribution in [-0.2, 0) is 29.0 Å². The number of guanidine groups is 1. The van der Waals surface area contributed by atoms with Crippen LogP contribution in [0.3, 0.4) is 0 Å². The summed E-state index contributed by atoms with van der Waals surface area (Å²) >= 11 is 0. The number of hydrogen-bond acceptors (Lipinski definition) is 6. The molecule has 1 unspecified atom stereocenters. The highest BCUT2D eigenvalue weighted by Gasteiger charge is 2.38. The van der Waals surface area contributed by atoms with Crippen LogP contribution in [0.1, 0.15) is 57.1 Å². The van der Waals surface area contributed by atoms with Gasteiger partial charge < -0.3 is 20.1 Å². The average Bonchev–Trinajstić information content (AvgIpc) is 3.21. The van der Waals surface area contributed by atoms with Crippen molar-refractivity contribution < 1.29 is 9.47 Å². The highest BCUT2D eigenvalue weighted by molar-refractivity contribution is 5.80. The third-order valence-electron chi connectivity index (χ3n) is 6.86. The molecule has 1 aromatic rings. The van der Waals surface area contributed by atoms with Crippen LogP contribution in [0.4, 0.5) is 0 Å². The van der Waals surface area contributed by atoms with Gasteiger partial charge in [-0.3, -0.25) is 9.89 Å². The molecule has 1 aromatic heterocycles. The maximum Gasteiger partial charge on any atom is 0.191 e. The van der Waals surface area contributed by atoms with Gasteiger partial charge >= 0.3 is 0 Å². The third-order valence-corrected chi connectivity index (χ3v) is 6.86. The summed E-state index contributed by atoms with van der Waals surface area (Å²) in [6, 6.07) is 0.299. The van der Waals surface area contributed by atoms with Crippen molar-refractivity contribution in [1.82, 2.24) is 30.3 Å². The highest BCUT2D eigenvalue weighted by Crippen LogP contribution is 2.34. The minimum atomic E-state index is 0.186. The molecule has 1 saturated heterocycles. The zero-order valence-electron chi connectivity index (χ0n) is 19.2. The van der Waals surface area contributed by atoms with Crippen molar-refractivity contribution in [1.29, 1.82) is 0 Å². The maximum absolute atomic E-state index is 5.62. The number of hydrogen-bond donors (Lipinski definition) is 2. The van der Waals surface area contributed by atoms with Crippen LogP contribution >= 0.6 is 0 Å². The first-order valence-corrected chi connectivity index (χ1v) is 12.0. The number of aryl methyl sites for hydroxylation is 1. The Bertz CT molecular complexity index is 723. The molecule has 31 heavy (non-hydrogen) atoms. The number of morpholine rings is 1. The normalized spacial score (nSPS) is 24.6. The summed E-state index contributed by atoms with van der Waals surface area (Å²) in [6.45, 7) is 8.85. The van der Waals surface area contributed by atoms with Crippen molar-refractivity contribution in [2.45, 2.75) is 76.6 Å². The molecule has 0 bridgehead atoms. The van der Waals surface area contributed by atoms with Crippen LogP contribution in [-0.4, -0.2) is 83.7 Å². The lowest BCUT2D eigenvalue weighted by molar-refractivity contribution is -0.0333. The van der Waals surface area contributed by atoms with E-state index >= 15 is 0 Å². The molecule has 0 aromatic carbocycles. The van der Waals surface area contributed by atoms with Gasteiger partial charge in [0.05, 0.1) is 26.3 Å². The Labute approximate surface area is 186 Å². The van der Waals surface area contributed by atoms with Gasteiger partial charge in [0.25, 0.3) is 0 Å². The second-order valence-corrected chi connectivity index (χ2v) is 9.02. The third kappa shape index (κ3) is 5.56. The first kappa shape index (κ1) is 22.5. The molecule has 0 amide bonds. The minimum absolute atomic E-state index is 0.186. The fourth-order valence-electron chi connectivity index (χ4n) is 5.23. The lowest BCUT2D eigenvalue weighted by atomic mass is 9.80. The van der Waals surface area contributed by atoms with Crippen molar-refractivity contribution in [3.05, 3.63) is 11.6 Å². The largest absolute Gasteiger partial charge is 0.379 e. The molecule has 3 heterocycles. The van der Waals surface area contributed by atoms with Gasteiger partial charge in [-0.05, 0) is 26.2 Å². The van der Waals surface area contributed by atoms with Crippen molar-refractivity contribution in [2.75, 3.05) is 46.5 Å². The van der Waals surface area contributed by atoms with Crippen LogP contribution in [0.25, 0.3) is 0 Å². The number of nitrogens with zero attached hydrogens (tertiary/aromatic N) is 5. The molecule has 2 aliphatic heterocycles. The van der Waals surface area contributed by atoms with E-state index in [0.717, 1.165) is 76.4 Å². The van der Waals surface area contributed by atoms with Gasteiger partial charge in [0.2, 0.25) is 0 Å². The summed E-state index contributed by atoms with van der Waals surface area (Å²) in [6.07, 6.45) is 8.39. The van der Waals surface area contributed by atoms with Crippen LogP contribution in [0.5, 0.6) is 0 Å². The fraction of sp³-hybridized carbons (Fsp3) is 0.864. The summed E-state index contributed by atoms with van der Waals surface area (Å²) in [5, 5.41) is 11.7. The van der Waals surface area contributed by atoms with E-state index in [-0.39, 0.29) is 5.54 Å². The Morgan fingerprint density at radius 2 is 2.06 bits per heavy atom. The smallest absolute Gasteiger partial charge is 0.191 e. The van der Waals surface area contributed by atoms with Gasteiger partial charge in [-0.25, -0.2) is 9.67 Å². The number of aromatic nitrogens is 3. The van der Waals surface area contributed by atoms with E-state index in [1.807, 2.05) is 4.68 Å². The summed E-state index contributed by atoms with van der Waals surface area (Å²) in [5.74, 6) is 2.75. The second kappa shape index (κ2) is 10.7. The van der Waals surface area contributed by atoms with Crippen LogP contribution in [0.15, 0.2) is 4.99 Å². The van der Waals surface area contributed by atoms with Crippen LogP contribution in [0.2, 0.25) is 0 Å². The maximum atomic E-state index is 5.62. The van der Waals surface area contributed by atoms with Crippen molar-refractivity contribution in [3.8, 4) is 0 Å². The topological polar surface area (TPSA) is 88.8 Å². The first-order chi connectivity index (χ1) is 15.2. The molecule has 0 spiro atoms. The fourth-order valence-corrected chi connectivity index (χ4v) is 5.23. The molecule has 0 radical (unpaired) electrons. The van der Waals surface area contributed by atoms with Crippen LogP contribution in [0, 0.1) is 0 Å². The van der Waals surface area contributed by atoms with Crippen molar-refractivity contribution in [3.63, 3.8) is 0 Å². The van der Waals surface area contributed by atoms with Crippen LogP contribution < -0.4 is 10.6 Å². The Morgan fingerprint density at radius 3 is 2.81 bits per heavy atom. The lowest BCUT2D eigenvalue weighted by Gasteiger charge is -2.47. The Kier molecular flexibility index (Phi) is 7.79. The Morgan fingerprint density at radius 1 is 1.26 bits per heavy atom. The molecule has 9 heteroatoms. The highest BCUT2D eigenvalue weighted by atomic mass is 16.5. The number of aliphatic imine (C=N–C) groups is 1. The zero-order chi connectivity index (χ0) is 21.5. The average molecular weight is 434 g/mol. The quantitative estimate of drug-likeness (QED) is 0.495. The van der Waals surface area contributed by atoms with Gasteiger partial charge in [0, 0.05) is 44.7 Å². The molecule has 1 saturated carbocycles. The number of nitrogens with one attached hydrogen (secondary N) is 2. The van der Waals surface area contributed by atoms with Gasteiger partial charge in [-0.1, -0.05) is 19.3 Å². The van der Waals surface area contributed by atoms with Gasteiger partial charge in [-0.15, -0.1) is 0 Å².